The molecule has 98 valence electrons. The molecule has 0 bridgehead atoms. The zero-order valence-electron chi connectivity index (χ0n) is 11.1. The van der Waals surface area contributed by atoms with Gasteiger partial charge in [0, 0.05) is 0 Å². The van der Waals surface area contributed by atoms with E-state index in [0.29, 0.717) is 21.4 Å². The minimum Gasteiger partial charge on any atom is -0.478 e. The van der Waals surface area contributed by atoms with E-state index in [-0.39, 0.29) is 35.1 Å². The van der Waals surface area contributed by atoms with Gasteiger partial charge in [0.1, 0.15) is 0 Å². The molecule has 0 aliphatic heterocycles. The third-order valence-electron chi connectivity index (χ3n) is 2.70. The van der Waals surface area contributed by atoms with Crippen LogP contribution in [0.3, 0.4) is 0 Å². The molecule has 3 nitrogen and oxygen atoms in total. The molecule has 20 heavy (non-hydrogen) atoms. The van der Waals surface area contributed by atoms with Gasteiger partial charge in [0.25, 0.3) is 0 Å². The van der Waals surface area contributed by atoms with Crippen LogP contribution in [0.1, 0.15) is 15.9 Å². The number of hydrogen-bond donors (Lipinski definition) is 2. The molecule has 0 aromatic heterocycles. The minimum absolute atomic E-state index is 0. The standard InChI is InChI=1S/C14H11Cl2NO2.Na/c1-8-6-7-10(15)13(12(8)16)17-11-5-3-2-4-9(11)14(18)19;/h2-7,17H,1H3,(H,18,19);/q;+1. The SMILES string of the molecule is Cc1ccc(Cl)c(Nc2ccccc2C(=O)O)c1Cl.[Na+]. The summed E-state index contributed by atoms with van der Waals surface area (Å²) in [6, 6.07) is 10.1. The smallest absolute Gasteiger partial charge is 0.478 e. The van der Waals surface area contributed by atoms with Crippen LogP contribution in [0.5, 0.6) is 0 Å². The van der Waals surface area contributed by atoms with Crippen LogP contribution in [0.15, 0.2) is 36.4 Å². The number of para-hydroxylation sites is 1. The fourth-order valence-electron chi connectivity index (χ4n) is 1.68. The van der Waals surface area contributed by atoms with E-state index in [0.717, 1.165) is 5.56 Å². The normalized spacial score (nSPS) is 9.75. The second-order valence-electron chi connectivity index (χ2n) is 4.03. The van der Waals surface area contributed by atoms with Gasteiger partial charge in [0.2, 0.25) is 0 Å². The Hall–Kier alpha value is -0.710. The fourth-order valence-corrected chi connectivity index (χ4v) is 2.15. The van der Waals surface area contributed by atoms with Crippen molar-refractivity contribution in [2.75, 3.05) is 5.32 Å². The van der Waals surface area contributed by atoms with Crippen molar-refractivity contribution in [2.45, 2.75) is 6.92 Å². The van der Waals surface area contributed by atoms with Crippen LogP contribution < -0.4 is 34.9 Å². The van der Waals surface area contributed by atoms with E-state index in [1.54, 1.807) is 30.3 Å². The van der Waals surface area contributed by atoms with Gasteiger partial charge in [-0.2, -0.15) is 0 Å². The minimum atomic E-state index is -1.01. The number of carbonyl (C=O) groups is 1. The average molecular weight is 319 g/mol. The first-order valence-electron chi connectivity index (χ1n) is 5.54. The molecule has 0 amide bonds. The summed E-state index contributed by atoms with van der Waals surface area (Å²) < 4.78 is 0. The number of rotatable bonds is 3. The summed E-state index contributed by atoms with van der Waals surface area (Å²) in [6.45, 7) is 1.85. The molecule has 0 heterocycles. The van der Waals surface area contributed by atoms with Crippen LogP contribution in [0.2, 0.25) is 10.0 Å². The molecule has 0 aliphatic carbocycles. The number of aryl methyl sites for hydroxylation is 1. The van der Waals surface area contributed by atoms with Gasteiger partial charge in [-0.25, -0.2) is 4.79 Å². The van der Waals surface area contributed by atoms with E-state index < -0.39 is 5.97 Å². The molecular weight excluding hydrogens is 308 g/mol. The Morgan fingerprint density at radius 1 is 1.15 bits per heavy atom. The molecule has 0 spiro atoms. The van der Waals surface area contributed by atoms with Gasteiger partial charge in [0.15, 0.2) is 0 Å². The summed E-state index contributed by atoms with van der Waals surface area (Å²) >= 11 is 12.3. The third kappa shape index (κ3) is 3.68. The number of anilines is 2. The molecule has 0 atom stereocenters. The van der Waals surface area contributed by atoms with Crippen LogP contribution in [0.25, 0.3) is 0 Å². The molecule has 0 radical (unpaired) electrons. The fraction of sp³-hybridized carbons (Fsp3) is 0.0714. The quantitative estimate of drug-likeness (QED) is 0.848. The van der Waals surface area contributed by atoms with Crippen LogP contribution in [0.4, 0.5) is 11.4 Å². The van der Waals surface area contributed by atoms with Gasteiger partial charge >= 0.3 is 35.5 Å². The Bertz CT molecular complexity index is 647. The summed E-state index contributed by atoms with van der Waals surface area (Å²) in [5.41, 5.74) is 1.99. The van der Waals surface area contributed by atoms with Gasteiger partial charge in [-0.1, -0.05) is 41.4 Å². The zero-order valence-corrected chi connectivity index (χ0v) is 14.6. The van der Waals surface area contributed by atoms with Crippen molar-refractivity contribution in [1.29, 1.82) is 0 Å². The molecular formula is C14H11Cl2NNaO2+. The van der Waals surface area contributed by atoms with Gasteiger partial charge < -0.3 is 10.4 Å². The monoisotopic (exact) mass is 318 g/mol. The Labute approximate surface area is 149 Å². The van der Waals surface area contributed by atoms with E-state index in [9.17, 15) is 4.79 Å². The number of carboxylic acid groups (broad SMARTS) is 1. The third-order valence-corrected chi connectivity index (χ3v) is 3.50. The molecule has 0 saturated heterocycles. The topological polar surface area (TPSA) is 49.3 Å². The van der Waals surface area contributed by atoms with Crippen molar-refractivity contribution in [1.82, 2.24) is 0 Å². The molecule has 0 aliphatic rings. The van der Waals surface area contributed by atoms with Gasteiger partial charge in [0.05, 0.1) is 27.0 Å². The molecule has 0 unspecified atom stereocenters. The van der Waals surface area contributed by atoms with Crippen molar-refractivity contribution in [3.05, 3.63) is 57.6 Å². The summed E-state index contributed by atoms with van der Waals surface area (Å²) in [4.78, 5) is 11.1. The molecule has 2 aromatic rings. The van der Waals surface area contributed by atoms with E-state index in [2.05, 4.69) is 5.32 Å². The summed E-state index contributed by atoms with van der Waals surface area (Å²) in [5.74, 6) is -1.01. The van der Waals surface area contributed by atoms with Crippen molar-refractivity contribution >= 4 is 40.5 Å². The summed E-state index contributed by atoms with van der Waals surface area (Å²) in [5, 5.41) is 13.0. The van der Waals surface area contributed by atoms with Crippen molar-refractivity contribution in [2.24, 2.45) is 0 Å². The number of halogens is 2. The summed E-state index contributed by atoms with van der Waals surface area (Å²) in [6.07, 6.45) is 0. The maximum Gasteiger partial charge on any atom is 1.00 e. The Balaban J connectivity index is 0.00000200. The Morgan fingerprint density at radius 2 is 1.80 bits per heavy atom. The van der Waals surface area contributed by atoms with Crippen molar-refractivity contribution < 1.29 is 39.5 Å². The molecule has 0 fully saturated rings. The molecule has 2 rings (SSSR count). The molecule has 6 heteroatoms. The summed E-state index contributed by atoms with van der Waals surface area (Å²) in [7, 11) is 0. The molecule has 2 aromatic carbocycles. The van der Waals surface area contributed by atoms with E-state index >= 15 is 0 Å². The number of benzene rings is 2. The number of aromatic carboxylic acids is 1. The largest absolute Gasteiger partial charge is 1.00 e. The average Bonchev–Trinajstić information content (AvgIpc) is 2.39. The predicted molar refractivity (Wildman–Crippen MR) is 77.9 cm³/mol. The van der Waals surface area contributed by atoms with Crippen LogP contribution in [-0.2, 0) is 0 Å². The second-order valence-corrected chi connectivity index (χ2v) is 4.81. The Morgan fingerprint density at radius 3 is 2.45 bits per heavy atom. The first-order valence-corrected chi connectivity index (χ1v) is 6.30. The maximum atomic E-state index is 11.1. The molecule has 2 N–H and O–H groups in total. The Kier molecular flexibility index (Phi) is 6.37. The number of carboxylic acids is 1. The predicted octanol–water partition coefficient (Wildman–Crippen LogP) is 1.75. The zero-order chi connectivity index (χ0) is 14.0. The van der Waals surface area contributed by atoms with Crippen LogP contribution in [-0.4, -0.2) is 11.1 Å². The van der Waals surface area contributed by atoms with Crippen LogP contribution in [0, 0.1) is 6.92 Å². The second kappa shape index (κ2) is 7.34. The van der Waals surface area contributed by atoms with Gasteiger partial charge in [-0.15, -0.1) is 0 Å². The van der Waals surface area contributed by atoms with Gasteiger partial charge in [-0.3, -0.25) is 0 Å². The van der Waals surface area contributed by atoms with Gasteiger partial charge in [-0.05, 0) is 30.7 Å². The maximum absolute atomic E-state index is 11.1. The molecule has 0 saturated carbocycles. The number of nitrogens with one attached hydrogen (secondary N) is 1. The number of hydrogen-bond acceptors (Lipinski definition) is 2. The van der Waals surface area contributed by atoms with E-state index in [4.69, 9.17) is 28.3 Å². The first-order chi connectivity index (χ1) is 9.00. The van der Waals surface area contributed by atoms with Crippen LogP contribution >= 0.6 is 23.2 Å². The van der Waals surface area contributed by atoms with E-state index in [1.807, 2.05) is 6.92 Å². The van der Waals surface area contributed by atoms with Crippen molar-refractivity contribution in [3.8, 4) is 0 Å². The van der Waals surface area contributed by atoms with Crippen molar-refractivity contribution in [3.63, 3.8) is 0 Å². The van der Waals surface area contributed by atoms with E-state index in [1.165, 1.54) is 6.07 Å². The first kappa shape index (κ1) is 17.3.